The highest BCUT2D eigenvalue weighted by atomic mass is 35.5. The fourth-order valence-electron chi connectivity index (χ4n) is 3.02. The molecular formula is C15H12ClN3O2. The van der Waals surface area contributed by atoms with E-state index < -0.39 is 0 Å². The second-order valence-corrected chi connectivity index (χ2v) is 5.52. The lowest BCUT2D eigenvalue weighted by Gasteiger charge is -2.12. The summed E-state index contributed by atoms with van der Waals surface area (Å²) >= 11 is 6.09. The minimum Gasteiger partial charge on any atom is -0.464 e. The molecule has 0 atom stereocenters. The average Bonchev–Trinajstić information content (AvgIpc) is 3.07. The van der Waals surface area contributed by atoms with Crippen molar-refractivity contribution in [2.75, 3.05) is 7.11 Å². The molecule has 0 saturated heterocycles. The van der Waals surface area contributed by atoms with E-state index in [0.29, 0.717) is 10.7 Å². The molecule has 0 spiro atoms. The Labute approximate surface area is 125 Å². The summed E-state index contributed by atoms with van der Waals surface area (Å²) < 4.78 is 4.79. The molecule has 2 N–H and O–H groups in total. The Kier molecular flexibility index (Phi) is 2.59. The first-order valence-electron chi connectivity index (χ1n) is 6.65. The van der Waals surface area contributed by atoms with E-state index in [1.54, 1.807) is 0 Å². The predicted octanol–water partition coefficient (Wildman–Crippen LogP) is 3.10. The summed E-state index contributed by atoms with van der Waals surface area (Å²) in [6, 6.07) is 5.78. The molecule has 3 aromatic rings. The number of ether oxygens (including phenoxy) is 1. The fourth-order valence-corrected chi connectivity index (χ4v) is 3.19. The number of hydrogen-bond acceptors (Lipinski definition) is 3. The van der Waals surface area contributed by atoms with Crippen molar-refractivity contribution in [3.8, 4) is 11.4 Å². The van der Waals surface area contributed by atoms with Crippen LogP contribution in [0.4, 0.5) is 0 Å². The van der Waals surface area contributed by atoms with Gasteiger partial charge in [-0.2, -0.15) is 5.10 Å². The maximum atomic E-state index is 11.8. The van der Waals surface area contributed by atoms with E-state index in [1.807, 2.05) is 18.2 Å². The second-order valence-electron chi connectivity index (χ2n) is 5.09. The van der Waals surface area contributed by atoms with Gasteiger partial charge in [-0.1, -0.05) is 11.6 Å². The minimum absolute atomic E-state index is 0.383. The van der Waals surface area contributed by atoms with Gasteiger partial charge in [0.1, 0.15) is 11.4 Å². The number of nitrogens with one attached hydrogen (secondary N) is 2. The number of nitrogens with zero attached hydrogens (tertiary/aromatic N) is 1. The Morgan fingerprint density at radius 2 is 2.14 bits per heavy atom. The maximum Gasteiger partial charge on any atom is 0.356 e. The van der Waals surface area contributed by atoms with Gasteiger partial charge in [0.15, 0.2) is 0 Å². The Bertz CT molecular complexity index is 879. The van der Waals surface area contributed by atoms with Crippen LogP contribution in [0.25, 0.3) is 22.3 Å². The zero-order chi connectivity index (χ0) is 14.6. The standard InChI is InChI=1S/C15H12ClN3O2/c1-21-15(20)14-9-4-3-8-10-6-7(16)2-5-11(10)17-12(8)13(9)18-19-14/h2,5-6,17H,3-4H2,1H3,(H,18,19). The quantitative estimate of drug-likeness (QED) is 0.679. The van der Waals surface area contributed by atoms with Gasteiger partial charge < -0.3 is 9.72 Å². The third kappa shape index (κ3) is 1.70. The molecule has 4 rings (SSSR count). The molecule has 21 heavy (non-hydrogen) atoms. The van der Waals surface area contributed by atoms with Gasteiger partial charge in [0.25, 0.3) is 0 Å². The Hall–Kier alpha value is -2.27. The molecule has 2 heterocycles. The molecule has 0 aliphatic heterocycles. The highest BCUT2D eigenvalue weighted by Gasteiger charge is 2.28. The molecule has 0 radical (unpaired) electrons. The number of esters is 1. The van der Waals surface area contributed by atoms with Gasteiger partial charge in [-0.25, -0.2) is 4.79 Å². The molecule has 106 valence electrons. The topological polar surface area (TPSA) is 70.8 Å². The van der Waals surface area contributed by atoms with Crippen molar-refractivity contribution in [1.29, 1.82) is 0 Å². The van der Waals surface area contributed by atoms with E-state index in [1.165, 1.54) is 12.7 Å². The number of methoxy groups -OCH3 is 1. The number of halogens is 1. The first-order valence-corrected chi connectivity index (χ1v) is 7.03. The Balaban J connectivity index is 1.95. The van der Waals surface area contributed by atoms with Gasteiger partial charge in [-0.3, -0.25) is 5.10 Å². The van der Waals surface area contributed by atoms with Crippen molar-refractivity contribution in [2.45, 2.75) is 12.8 Å². The minimum atomic E-state index is -0.383. The molecule has 0 fully saturated rings. The summed E-state index contributed by atoms with van der Waals surface area (Å²) in [5, 5.41) is 8.92. The predicted molar refractivity (Wildman–Crippen MR) is 79.6 cm³/mol. The van der Waals surface area contributed by atoms with Crippen molar-refractivity contribution >= 4 is 28.5 Å². The summed E-state index contributed by atoms with van der Waals surface area (Å²) in [6.07, 6.45) is 1.59. The van der Waals surface area contributed by atoms with Gasteiger partial charge in [-0.15, -0.1) is 0 Å². The van der Waals surface area contributed by atoms with E-state index in [9.17, 15) is 4.79 Å². The molecule has 2 aromatic heterocycles. The lowest BCUT2D eigenvalue weighted by Crippen LogP contribution is -2.08. The van der Waals surface area contributed by atoms with Gasteiger partial charge in [0, 0.05) is 21.5 Å². The number of benzene rings is 1. The van der Waals surface area contributed by atoms with Crippen molar-refractivity contribution in [2.24, 2.45) is 0 Å². The number of aromatic amines is 2. The summed E-state index contributed by atoms with van der Waals surface area (Å²) in [6.45, 7) is 0. The SMILES string of the molecule is COC(=O)c1[nH]nc2c1CCc1c-2[nH]c2ccc(Cl)cc12. The van der Waals surface area contributed by atoms with Gasteiger partial charge in [0.2, 0.25) is 0 Å². The summed E-state index contributed by atoms with van der Waals surface area (Å²) in [4.78, 5) is 15.1. The molecule has 0 unspecified atom stereocenters. The first-order chi connectivity index (χ1) is 10.2. The van der Waals surface area contributed by atoms with Crippen LogP contribution in [-0.2, 0) is 17.6 Å². The average molecular weight is 302 g/mol. The van der Waals surface area contributed by atoms with Crippen LogP contribution in [-0.4, -0.2) is 28.3 Å². The molecule has 0 saturated carbocycles. The molecular weight excluding hydrogens is 290 g/mol. The number of hydrogen-bond donors (Lipinski definition) is 2. The third-order valence-corrected chi connectivity index (χ3v) is 4.22. The van der Waals surface area contributed by atoms with Crippen LogP contribution in [0.1, 0.15) is 21.6 Å². The first kappa shape index (κ1) is 12.5. The molecule has 1 aliphatic carbocycles. The summed E-state index contributed by atoms with van der Waals surface area (Å²) in [7, 11) is 1.37. The van der Waals surface area contributed by atoms with Crippen LogP contribution in [0.2, 0.25) is 5.02 Å². The van der Waals surface area contributed by atoms with Gasteiger partial charge >= 0.3 is 5.97 Å². The van der Waals surface area contributed by atoms with Crippen molar-refractivity contribution in [3.05, 3.63) is 40.0 Å². The number of carbonyl (C=O) groups is 1. The molecule has 1 aliphatic rings. The van der Waals surface area contributed by atoms with Crippen LogP contribution in [0.5, 0.6) is 0 Å². The van der Waals surface area contributed by atoms with E-state index in [-0.39, 0.29) is 5.97 Å². The molecule has 5 nitrogen and oxygen atoms in total. The number of H-pyrrole nitrogens is 2. The third-order valence-electron chi connectivity index (χ3n) is 3.99. The Morgan fingerprint density at radius 1 is 1.33 bits per heavy atom. The highest BCUT2D eigenvalue weighted by Crippen LogP contribution is 2.38. The van der Waals surface area contributed by atoms with Crippen molar-refractivity contribution < 1.29 is 9.53 Å². The number of aromatic nitrogens is 3. The van der Waals surface area contributed by atoms with E-state index in [2.05, 4.69) is 15.2 Å². The molecule has 6 heteroatoms. The van der Waals surface area contributed by atoms with Crippen LogP contribution < -0.4 is 0 Å². The monoisotopic (exact) mass is 301 g/mol. The second kappa shape index (κ2) is 4.36. The van der Waals surface area contributed by atoms with Crippen LogP contribution in [0.15, 0.2) is 18.2 Å². The van der Waals surface area contributed by atoms with E-state index >= 15 is 0 Å². The number of rotatable bonds is 1. The van der Waals surface area contributed by atoms with Gasteiger partial charge in [-0.05, 0) is 36.6 Å². The smallest absolute Gasteiger partial charge is 0.356 e. The largest absolute Gasteiger partial charge is 0.464 e. The van der Waals surface area contributed by atoms with E-state index in [0.717, 1.165) is 40.7 Å². The molecule has 0 bridgehead atoms. The lowest BCUT2D eigenvalue weighted by atomic mass is 9.92. The molecule has 0 amide bonds. The van der Waals surface area contributed by atoms with Crippen molar-refractivity contribution in [1.82, 2.24) is 15.2 Å². The number of aryl methyl sites for hydroxylation is 1. The van der Waals surface area contributed by atoms with Crippen LogP contribution in [0, 0.1) is 0 Å². The zero-order valence-electron chi connectivity index (χ0n) is 11.3. The number of fused-ring (bicyclic) bond motifs is 5. The van der Waals surface area contributed by atoms with Gasteiger partial charge in [0.05, 0.1) is 12.8 Å². The Morgan fingerprint density at radius 3 is 2.95 bits per heavy atom. The summed E-state index contributed by atoms with van der Waals surface area (Å²) in [5.41, 5.74) is 5.33. The number of carbonyl (C=O) groups excluding carboxylic acids is 1. The normalized spacial score (nSPS) is 13.0. The van der Waals surface area contributed by atoms with Crippen LogP contribution >= 0.6 is 11.6 Å². The molecule has 1 aromatic carbocycles. The highest BCUT2D eigenvalue weighted by molar-refractivity contribution is 6.31. The summed E-state index contributed by atoms with van der Waals surface area (Å²) in [5.74, 6) is -0.383. The van der Waals surface area contributed by atoms with Crippen LogP contribution in [0.3, 0.4) is 0 Å². The maximum absolute atomic E-state index is 11.8. The zero-order valence-corrected chi connectivity index (χ0v) is 12.0. The van der Waals surface area contributed by atoms with E-state index in [4.69, 9.17) is 16.3 Å². The fraction of sp³-hybridized carbons (Fsp3) is 0.200. The van der Waals surface area contributed by atoms with Crippen molar-refractivity contribution in [3.63, 3.8) is 0 Å². The lowest BCUT2D eigenvalue weighted by molar-refractivity contribution is 0.0592.